The lowest BCUT2D eigenvalue weighted by Gasteiger charge is -1.96. The molecule has 0 radical (unpaired) electrons. The zero-order valence-corrected chi connectivity index (χ0v) is 8.00. The van der Waals surface area contributed by atoms with Gasteiger partial charge in [0.15, 0.2) is 5.71 Å². The molecule has 2 N–H and O–H groups in total. The number of fused-ring (bicyclic) bond motifs is 1. The van der Waals surface area contributed by atoms with E-state index in [9.17, 15) is 4.79 Å². The third-order valence-electron chi connectivity index (χ3n) is 1.80. The average molecular weight is 241 g/mol. The van der Waals surface area contributed by atoms with E-state index in [-0.39, 0.29) is 11.6 Å². The van der Waals surface area contributed by atoms with Crippen LogP contribution in [0.15, 0.2) is 27.8 Å². The number of carbonyl (C=O) groups excluding carboxylic acids is 1. The SMILES string of the molecule is O=C1Nc2ccc(Br)cc2/C1=N/O. The van der Waals surface area contributed by atoms with E-state index in [1.165, 1.54) is 0 Å². The lowest BCUT2D eigenvalue weighted by molar-refractivity contribution is -0.110. The fraction of sp³-hybridized carbons (Fsp3) is 0. The van der Waals surface area contributed by atoms with Crippen LogP contribution in [-0.4, -0.2) is 16.8 Å². The van der Waals surface area contributed by atoms with Gasteiger partial charge in [-0.2, -0.15) is 0 Å². The highest BCUT2D eigenvalue weighted by Crippen LogP contribution is 2.26. The second-order valence-corrected chi connectivity index (χ2v) is 3.51. The van der Waals surface area contributed by atoms with Gasteiger partial charge in [0.2, 0.25) is 0 Å². The molecule has 0 saturated carbocycles. The van der Waals surface area contributed by atoms with Gasteiger partial charge in [0.1, 0.15) is 0 Å². The first-order valence-corrected chi connectivity index (χ1v) is 4.35. The lowest BCUT2D eigenvalue weighted by Crippen LogP contribution is -2.13. The number of rotatable bonds is 0. The monoisotopic (exact) mass is 240 g/mol. The number of halogens is 1. The van der Waals surface area contributed by atoms with Gasteiger partial charge in [-0.05, 0) is 18.2 Å². The Morgan fingerprint density at radius 2 is 2.23 bits per heavy atom. The average Bonchev–Trinajstić information content (AvgIpc) is 2.40. The standard InChI is InChI=1S/C8H5BrN2O2/c9-4-1-2-6-5(3-4)7(11-13)8(12)10-6/h1-3,13H,(H,10,11,12). The quantitative estimate of drug-likeness (QED) is 0.535. The van der Waals surface area contributed by atoms with Crippen LogP contribution in [0.4, 0.5) is 5.69 Å². The van der Waals surface area contributed by atoms with E-state index < -0.39 is 0 Å². The van der Waals surface area contributed by atoms with E-state index >= 15 is 0 Å². The molecule has 0 saturated heterocycles. The normalized spacial score (nSPS) is 17.3. The minimum Gasteiger partial charge on any atom is -0.410 e. The van der Waals surface area contributed by atoms with Crippen LogP contribution >= 0.6 is 15.9 Å². The van der Waals surface area contributed by atoms with E-state index in [0.29, 0.717) is 11.3 Å². The van der Waals surface area contributed by atoms with Gasteiger partial charge in [0, 0.05) is 10.0 Å². The Hall–Kier alpha value is -1.36. The summed E-state index contributed by atoms with van der Waals surface area (Å²) in [4.78, 5) is 11.2. The summed E-state index contributed by atoms with van der Waals surface area (Å²) in [5.74, 6) is -0.379. The molecule has 0 aromatic heterocycles. The molecular weight excluding hydrogens is 236 g/mol. The minimum absolute atomic E-state index is 0.0521. The van der Waals surface area contributed by atoms with Gasteiger partial charge in [-0.15, -0.1) is 0 Å². The molecule has 0 atom stereocenters. The van der Waals surface area contributed by atoms with Crippen molar-refractivity contribution < 1.29 is 10.0 Å². The van der Waals surface area contributed by atoms with Crippen molar-refractivity contribution in [3.05, 3.63) is 28.2 Å². The van der Waals surface area contributed by atoms with Gasteiger partial charge in [0.25, 0.3) is 5.91 Å². The van der Waals surface area contributed by atoms with Crippen LogP contribution in [0.3, 0.4) is 0 Å². The van der Waals surface area contributed by atoms with Gasteiger partial charge in [-0.25, -0.2) is 0 Å². The molecular formula is C8H5BrN2O2. The molecule has 4 nitrogen and oxygen atoms in total. The molecule has 0 aliphatic carbocycles. The molecule has 1 aromatic carbocycles. The second kappa shape index (κ2) is 2.85. The predicted octanol–water partition coefficient (Wildman–Crippen LogP) is 1.58. The van der Waals surface area contributed by atoms with Crippen molar-refractivity contribution in [1.82, 2.24) is 0 Å². The highest BCUT2D eigenvalue weighted by Gasteiger charge is 2.26. The van der Waals surface area contributed by atoms with E-state index in [1.807, 2.05) is 0 Å². The van der Waals surface area contributed by atoms with Gasteiger partial charge in [0.05, 0.1) is 5.69 Å². The maximum atomic E-state index is 11.2. The third-order valence-corrected chi connectivity index (χ3v) is 2.29. The van der Waals surface area contributed by atoms with Gasteiger partial charge in [-0.1, -0.05) is 21.1 Å². The summed E-state index contributed by atoms with van der Waals surface area (Å²) < 4.78 is 0.837. The van der Waals surface area contributed by atoms with Gasteiger partial charge >= 0.3 is 0 Å². The highest BCUT2D eigenvalue weighted by atomic mass is 79.9. The van der Waals surface area contributed by atoms with Crippen LogP contribution < -0.4 is 5.32 Å². The topological polar surface area (TPSA) is 61.7 Å². The summed E-state index contributed by atoms with van der Waals surface area (Å²) in [7, 11) is 0. The van der Waals surface area contributed by atoms with E-state index in [0.717, 1.165) is 4.47 Å². The number of nitrogens with zero attached hydrogens (tertiary/aromatic N) is 1. The molecule has 5 heteroatoms. The molecule has 1 aliphatic rings. The number of nitrogens with one attached hydrogen (secondary N) is 1. The van der Waals surface area contributed by atoms with Crippen LogP contribution in [-0.2, 0) is 4.79 Å². The van der Waals surface area contributed by atoms with E-state index in [4.69, 9.17) is 5.21 Å². The highest BCUT2D eigenvalue weighted by molar-refractivity contribution is 9.10. The summed E-state index contributed by atoms with van der Waals surface area (Å²) in [5.41, 5.74) is 1.33. The van der Waals surface area contributed by atoms with Crippen LogP contribution in [0, 0.1) is 0 Å². The summed E-state index contributed by atoms with van der Waals surface area (Å²) in [6, 6.07) is 5.28. The minimum atomic E-state index is -0.379. The summed E-state index contributed by atoms with van der Waals surface area (Å²) >= 11 is 3.27. The third kappa shape index (κ3) is 1.21. The first-order chi connectivity index (χ1) is 6.22. The number of carbonyl (C=O) groups is 1. The molecule has 0 spiro atoms. The number of anilines is 1. The Bertz CT molecular complexity index is 415. The molecule has 1 aromatic rings. The molecule has 0 fully saturated rings. The van der Waals surface area contributed by atoms with Crippen molar-refractivity contribution in [2.45, 2.75) is 0 Å². The number of benzene rings is 1. The number of hydrogen-bond acceptors (Lipinski definition) is 3. The van der Waals surface area contributed by atoms with Crippen molar-refractivity contribution in [3.63, 3.8) is 0 Å². The Morgan fingerprint density at radius 3 is 2.92 bits per heavy atom. The van der Waals surface area contributed by atoms with Crippen LogP contribution in [0.1, 0.15) is 5.56 Å². The van der Waals surface area contributed by atoms with Crippen molar-refractivity contribution in [2.24, 2.45) is 5.16 Å². The Morgan fingerprint density at radius 1 is 1.46 bits per heavy atom. The van der Waals surface area contributed by atoms with Crippen LogP contribution in [0.25, 0.3) is 0 Å². The lowest BCUT2D eigenvalue weighted by atomic mass is 10.1. The van der Waals surface area contributed by atoms with E-state index in [1.54, 1.807) is 18.2 Å². The molecule has 13 heavy (non-hydrogen) atoms. The smallest absolute Gasteiger partial charge is 0.278 e. The van der Waals surface area contributed by atoms with Crippen LogP contribution in [0.5, 0.6) is 0 Å². The van der Waals surface area contributed by atoms with Gasteiger partial charge in [-0.3, -0.25) is 4.79 Å². The predicted molar refractivity (Wildman–Crippen MR) is 51.1 cm³/mol. The van der Waals surface area contributed by atoms with Crippen LogP contribution in [0.2, 0.25) is 0 Å². The van der Waals surface area contributed by atoms with Gasteiger partial charge < -0.3 is 10.5 Å². The maximum absolute atomic E-state index is 11.2. The fourth-order valence-electron chi connectivity index (χ4n) is 1.22. The summed E-state index contributed by atoms with van der Waals surface area (Å²) in [5, 5.41) is 14.1. The molecule has 0 unspecified atom stereocenters. The molecule has 2 rings (SSSR count). The summed E-state index contributed by atoms with van der Waals surface area (Å²) in [6.45, 7) is 0. The Balaban J connectivity index is 2.63. The molecule has 1 heterocycles. The molecule has 1 aliphatic heterocycles. The molecule has 1 amide bonds. The molecule has 0 bridgehead atoms. The number of hydrogen-bond donors (Lipinski definition) is 2. The zero-order chi connectivity index (χ0) is 9.42. The number of oxime groups is 1. The largest absolute Gasteiger partial charge is 0.410 e. The Kier molecular flexibility index (Phi) is 1.81. The van der Waals surface area contributed by atoms with Crippen molar-refractivity contribution in [1.29, 1.82) is 0 Å². The van der Waals surface area contributed by atoms with Crippen molar-refractivity contribution in [3.8, 4) is 0 Å². The molecule has 66 valence electrons. The first kappa shape index (κ1) is 8.25. The van der Waals surface area contributed by atoms with Crippen molar-refractivity contribution in [2.75, 3.05) is 5.32 Å². The number of amides is 1. The van der Waals surface area contributed by atoms with Crippen molar-refractivity contribution >= 4 is 33.2 Å². The zero-order valence-electron chi connectivity index (χ0n) is 6.41. The second-order valence-electron chi connectivity index (χ2n) is 2.59. The van der Waals surface area contributed by atoms with E-state index in [2.05, 4.69) is 26.4 Å². The maximum Gasteiger partial charge on any atom is 0.278 e. The fourth-order valence-corrected chi connectivity index (χ4v) is 1.59. The summed E-state index contributed by atoms with van der Waals surface area (Å²) in [6.07, 6.45) is 0. The Labute approximate surface area is 82.4 Å². The first-order valence-electron chi connectivity index (χ1n) is 3.55.